The van der Waals surface area contributed by atoms with Crippen LogP contribution in [0.1, 0.15) is 21.5 Å². The number of fused-ring (bicyclic) bond motifs is 1. The van der Waals surface area contributed by atoms with Crippen molar-refractivity contribution in [1.29, 1.82) is 0 Å². The fourth-order valence-electron chi connectivity index (χ4n) is 2.64. The Hall–Kier alpha value is -2.06. The van der Waals surface area contributed by atoms with Gasteiger partial charge in [0.2, 0.25) is 0 Å². The highest BCUT2D eigenvalue weighted by atomic mass is 32.2. The van der Waals surface area contributed by atoms with E-state index in [0.29, 0.717) is 11.3 Å². The molecule has 1 amide bonds. The molecule has 3 aromatic rings. The molecule has 0 aliphatic rings. The van der Waals surface area contributed by atoms with Crippen LogP contribution < -0.4 is 4.80 Å². The van der Waals surface area contributed by atoms with Crippen LogP contribution in [-0.4, -0.2) is 22.5 Å². The summed E-state index contributed by atoms with van der Waals surface area (Å²) in [6.07, 6.45) is -2.51. The molecule has 0 saturated heterocycles. The standard InChI is InChI=1S/C19H17F3N2OS2/c1-12-6-7-15-16(10-12)27-18(24(15)8-9-26-2)23-17(25)13-4-3-5-14(11-13)19(20,21)22/h3-7,10-11H,8-9H2,1-2H3. The Kier molecular flexibility index (Phi) is 5.76. The van der Waals surface area contributed by atoms with Gasteiger partial charge < -0.3 is 4.57 Å². The Labute approximate surface area is 162 Å². The number of rotatable bonds is 4. The van der Waals surface area contributed by atoms with E-state index in [1.165, 1.54) is 23.5 Å². The maximum Gasteiger partial charge on any atom is 0.416 e. The van der Waals surface area contributed by atoms with Gasteiger partial charge >= 0.3 is 6.18 Å². The lowest BCUT2D eigenvalue weighted by Gasteiger charge is -2.07. The van der Waals surface area contributed by atoms with Gasteiger partial charge in [-0.3, -0.25) is 4.79 Å². The van der Waals surface area contributed by atoms with E-state index < -0.39 is 17.6 Å². The van der Waals surface area contributed by atoms with E-state index in [0.717, 1.165) is 33.7 Å². The summed E-state index contributed by atoms with van der Waals surface area (Å²) in [6, 6.07) is 10.3. The second-order valence-corrected chi connectivity index (χ2v) is 7.99. The molecule has 0 bridgehead atoms. The average Bonchev–Trinajstić information content (AvgIpc) is 2.95. The Morgan fingerprint density at radius 3 is 2.70 bits per heavy atom. The van der Waals surface area contributed by atoms with Crippen LogP contribution in [0.25, 0.3) is 10.2 Å². The summed E-state index contributed by atoms with van der Waals surface area (Å²) in [4.78, 5) is 17.1. The van der Waals surface area contributed by atoms with Crippen molar-refractivity contribution in [2.24, 2.45) is 4.99 Å². The first-order valence-electron chi connectivity index (χ1n) is 8.15. The molecule has 0 unspecified atom stereocenters. The lowest BCUT2D eigenvalue weighted by molar-refractivity contribution is -0.137. The third-order valence-corrected chi connectivity index (χ3v) is 5.62. The minimum Gasteiger partial charge on any atom is -0.316 e. The summed E-state index contributed by atoms with van der Waals surface area (Å²) < 4.78 is 41.6. The van der Waals surface area contributed by atoms with Crippen molar-refractivity contribution in [2.75, 3.05) is 12.0 Å². The number of aryl methyl sites for hydroxylation is 2. The first kappa shape index (κ1) is 19.7. The molecule has 3 nitrogen and oxygen atoms in total. The highest BCUT2D eigenvalue weighted by Crippen LogP contribution is 2.29. The molecule has 3 rings (SSSR count). The Morgan fingerprint density at radius 2 is 2.00 bits per heavy atom. The van der Waals surface area contributed by atoms with Crippen molar-refractivity contribution in [3.05, 3.63) is 64.0 Å². The van der Waals surface area contributed by atoms with Crippen LogP contribution in [0.5, 0.6) is 0 Å². The topological polar surface area (TPSA) is 34.4 Å². The van der Waals surface area contributed by atoms with E-state index in [-0.39, 0.29) is 5.56 Å². The number of alkyl halides is 3. The number of carbonyl (C=O) groups is 1. The molecule has 0 spiro atoms. The number of amides is 1. The predicted molar refractivity (Wildman–Crippen MR) is 104 cm³/mol. The molecule has 27 heavy (non-hydrogen) atoms. The number of nitrogens with zero attached hydrogens (tertiary/aromatic N) is 2. The number of halogens is 3. The van der Waals surface area contributed by atoms with Gasteiger partial charge in [0.05, 0.1) is 15.8 Å². The van der Waals surface area contributed by atoms with Gasteiger partial charge in [-0.15, -0.1) is 0 Å². The van der Waals surface area contributed by atoms with E-state index in [1.807, 2.05) is 35.9 Å². The number of hydrogen-bond donors (Lipinski definition) is 0. The van der Waals surface area contributed by atoms with Gasteiger partial charge in [-0.1, -0.05) is 23.5 Å². The van der Waals surface area contributed by atoms with Crippen molar-refractivity contribution in [3.63, 3.8) is 0 Å². The highest BCUT2D eigenvalue weighted by Gasteiger charge is 2.30. The fraction of sp³-hybridized carbons (Fsp3) is 0.263. The molecule has 2 aromatic carbocycles. The summed E-state index contributed by atoms with van der Waals surface area (Å²) in [7, 11) is 0. The van der Waals surface area contributed by atoms with E-state index in [9.17, 15) is 18.0 Å². The SMILES string of the molecule is CSCCn1c(=NC(=O)c2cccc(C(F)(F)F)c2)sc2cc(C)ccc21. The van der Waals surface area contributed by atoms with Crippen LogP contribution >= 0.6 is 23.1 Å². The van der Waals surface area contributed by atoms with Crippen molar-refractivity contribution in [1.82, 2.24) is 4.57 Å². The smallest absolute Gasteiger partial charge is 0.316 e. The molecule has 0 atom stereocenters. The van der Waals surface area contributed by atoms with Crippen LogP contribution in [0.2, 0.25) is 0 Å². The normalized spacial score (nSPS) is 12.7. The minimum atomic E-state index is -4.50. The number of thiazole rings is 1. The van der Waals surface area contributed by atoms with Gasteiger partial charge in [-0.2, -0.15) is 29.9 Å². The van der Waals surface area contributed by atoms with Crippen molar-refractivity contribution >= 4 is 39.2 Å². The molecule has 0 N–H and O–H groups in total. The number of hydrogen-bond acceptors (Lipinski definition) is 3. The molecule has 0 saturated carbocycles. The summed E-state index contributed by atoms with van der Waals surface area (Å²) in [5.41, 5.74) is 1.13. The Balaban J connectivity index is 2.08. The van der Waals surface area contributed by atoms with Crippen molar-refractivity contribution < 1.29 is 18.0 Å². The maximum atomic E-state index is 12.9. The molecule has 0 fully saturated rings. The van der Waals surface area contributed by atoms with Gasteiger partial charge in [0.15, 0.2) is 4.80 Å². The van der Waals surface area contributed by atoms with Crippen LogP contribution in [-0.2, 0) is 12.7 Å². The second-order valence-electron chi connectivity index (χ2n) is 6.00. The summed E-state index contributed by atoms with van der Waals surface area (Å²) in [6.45, 7) is 2.65. The van der Waals surface area contributed by atoms with E-state index in [4.69, 9.17) is 0 Å². The van der Waals surface area contributed by atoms with Gasteiger partial charge in [-0.25, -0.2) is 0 Å². The van der Waals surface area contributed by atoms with Crippen LogP contribution in [0, 0.1) is 6.92 Å². The van der Waals surface area contributed by atoms with E-state index in [2.05, 4.69) is 4.99 Å². The van der Waals surface area contributed by atoms with Gasteiger partial charge in [0.25, 0.3) is 5.91 Å². The number of carbonyl (C=O) groups excluding carboxylic acids is 1. The summed E-state index contributed by atoms with van der Waals surface area (Å²) >= 11 is 3.04. The number of aromatic nitrogens is 1. The maximum absolute atomic E-state index is 12.9. The quantitative estimate of drug-likeness (QED) is 0.597. The molecule has 0 aliphatic heterocycles. The van der Waals surface area contributed by atoms with Crippen molar-refractivity contribution in [2.45, 2.75) is 19.6 Å². The van der Waals surface area contributed by atoms with Crippen LogP contribution in [0.15, 0.2) is 47.5 Å². The molecular formula is C19H17F3N2OS2. The third kappa shape index (κ3) is 4.44. The molecular weight excluding hydrogens is 393 g/mol. The first-order valence-corrected chi connectivity index (χ1v) is 10.4. The molecule has 1 heterocycles. The number of benzene rings is 2. The monoisotopic (exact) mass is 410 g/mol. The second kappa shape index (κ2) is 7.90. The van der Waals surface area contributed by atoms with E-state index >= 15 is 0 Å². The minimum absolute atomic E-state index is 0.0742. The number of thioether (sulfide) groups is 1. The third-order valence-electron chi connectivity index (χ3n) is 3.99. The molecule has 1 aromatic heterocycles. The lowest BCUT2D eigenvalue weighted by atomic mass is 10.1. The molecule has 0 aliphatic carbocycles. The predicted octanol–water partition coefficient (Wildman–Crippen LogP) is 5.13. The average molecular weight is 410 g/mol. The first-order chi connectivity index (χ1) is 12.8. The Bertz CT molecular complexity index is 1050. The van der Waals surface area contributed by atoms with Crippen molar-refractivity contribution in [3.8, 4) is 0 Å². The van der Waals surface area contributed by atoms with Gasteiger partial charge in [0.1, 0.15) is 0 Å². The fourth-order valence-corrected chi connectivity index (χ4v) is 4.16. The summed E-state index contributed by atoms with van der Waals surface area (Å²) in [5, 5.41) is 0. The Morgan fingerprint density at radius 1 is 1.22 bits per heavy atom. The zero-order chi connectivity index (χ0) is 19.6. The largest absolute Gasteiger partial charge is 0.416 e. The van der Waals surface area contributed by atoms with Crippen LogP contribution in [0.4, 0.5) is 13.2 Å². The zero-order valence-electron chi connectivity index (χ0n) is 14.7. The van der Waals surface area contributed by atoms with E-state index in [1.54, 1.807) is 11.8 Å². The summed E-state index contributed by atoms with van der Waals surface area (Å²) in [5.74, 6) is 0.159. The van der Waals surface area contributed by atoms with Crippen LogP contribution in [0.3, 0.4) is 0 Å². The molecule has 142 valence electrons. The highest BCUT2D eigenvalue weighted by molar-refractivity contribution is 7.98. The molecule has 8 heteroatoms. The van der Waals surface area contributed by atoms with Gasteiger partial charge in [-0.05, 0) is 49.1 Å². The van der Waals surface area contributed by atoms with Gasteiger partial charge in [0, 0.05) is 17.9 Å². The lowest BCUT2D eigenvalue weighted by Crippen LogP contribution is -2.18. The molecule has 0 radical (unpaired) electrons. The zero-order valence-corrected chi connectivity index (χ0v) is 16.3.